The normalized spacial score (nSPS) is 51.9. The number of aliphatic hydroxyl groups is 1. The summed E-state index contributed by atoms with van der Waals surface area (Å²) in [6.07, 6.45) is 5.25. The summed E-state index contributed by atoms with van der Waals surface area (Å²) in [7, 11) is 1.67. The van der Waals surface area contributed by atoms with E-state index in [4.69, 9.17) is 9.47 Å². The minimum absolute atomic E-state index is 0.219. The number of ketones is 1. The van der Waals surface area contributed by atoms with Crippen molar-refractivity contribution in [2.45, 2.75) is 77.1 Å². The zero-order valence-electron chi connectivity index (χ0n) is 16.5. The van der Waals surface area contributed by atoms with E-state index in [0.717, 1.165) is 50.7 Å². The number of methoxy groups -OCH3 is 1. The second-order valence-electron chi connectivity index (χ2n) is 10.2. The summed E-state index contributed by atoms with van der Waals surface area (Å²) in [4.78, 5) is 13.9. The number of fused-ring (bicyclic) bond motifs is 4. The third kappa shape index (κ3) is 1.89. The van der Waals surface area contributed by atoms with E-state index < -0.39 is 17.1 Å². The van der Waals surface area contributed by atoms with Crippen molar-refractivity contribution in [2.24, 2.45) is 28.6 Å². The van der Waals surface area contributed by atoms with Gasteiger partial charge in [-0.25, -0.2) is 0 Å². The lowest BCUT2D eigenvalue weighted by molar-refractivity contribution is -0.182. The van der Waals surface area contributed by atoms with Gasteiger partial charge in [0.25, 0.3) is 0 Å². The van der Waals surface area contributed by atoms with E-state index >= 15 is 0 Å². The van der Waals surface area contributed by atoms with Crippen LogP contribution in [0.15, 0.2) is 11.1 Å². The Morgan fingerprint density at radius 2 is 2.04 bits per heavy atom. The number of ether oxygens (including phenoxy) is 2. The minimum Gasteiger partial charge on any atom is -0.389 e. The second kappa shape index (κ2) is 5.21. The first-order valence-electron chi connectivity index (χ1n) is 10.4. The standard InChI is InChI=1S/C22H32O4/c1-12-5-7-21(24)8-6-15-14-11-26-16(14)9-13-10-22(13,15)19(23)18(25-4)17(12)20(21,2)3/h13-16,18,24H,5-11H2,1-4H3/t13-,14+,15?,16-,18-,21-,22-/m1/s1. The molecule has 0 radical (unpaired) electrons. The van der Waals surface area contributed by atoms with E-state index in [1.165, 1.54) is 5.57 Å². The quantitative estimate of drug-likeness (QED) is 0.729. The molecule has 1 spiro atoms. The van der Waals surface area contributed by atoms with E-state index in [1.807, 2.05) is 0 Å². The lowest BCUT2D eigenvalue weighted by Crippen LogP contribution is -2.54. The van der Waals surface area contributed by atoms with Crippen LogP contribution < -0.4 is 0 Å². The molecule has 0 aromatic carbocycles. The summed E-state index contributed by atoms with van der Waals surface area (Å²) in [5.41, 5.74) is 0.893. The molecule has 1 heterocycles. The van der Waals surface area contributed by atoms with Crippen LogP contribution in [0.1, 0.15) is 59.3 Å². The lowest BCUT2D eigenvalue weighted by Gasteiger charge is -2.50. The predicted octanol–water partition coefficient (Wildman–Crippen LogP) is 3.27. The first-order chi connectivity index (χ1) is 12.3. The van der Waals surface area contributed by atoms with Crippen LogP contribution in [0.25, 0.3) is 0 Å². The van der Waals surface area contributed by atoms with Crippen molar-refractivity contribution >= 4 is 5.78 Å². The SMILES string of the molecule is CO[C@H]1C(=O)[C@]23C[C@H]2C[C@H]2OC[C@H]2C3CC[C@]2(O)CCC(C)=C1C2(C)C. The predicted molar refractivity (Wildman–Crippen MR) is 97.6 cm³/mol. The largest absolute Gasteiger partial charge is 0.389 e. The van der Waals surface area contributed by atoms with Crippen LogP contribution in [0.2, 0.25) is 0 Å². The summed E-state index contributed by atoms with van der Waals surface area (Å²) in [5.74, 6) is 1.60. The van der Waals surface area contributed by atoms with Crippen LogP contribution in [-0.4, -0.2) is 42.4 Å². The summed E-state index contributed by atoms with van der Waals surface area (Å²) >= 11 is 0. The number of Topliss-reactive ketones (excluding diaryl/α,β-unsaturated/α-hetero) is 1. The van der Waals surface area contributed by atoms with Gasteiger partial charge in [0.2, 0.25) is 0 Å². The summed E-state index contributed by atoms with van der Waals surface area (Å²) in [5, 5.41) is 11.7. The van der Waals surface area contributed by atoms with E-state index in [9.17, 15) is 9.90 Å². The Balaban J connectivity index is 1.66. The van der Waals surface area contributed by atoms with Gasteiger partial charge >= 0.3 is 0 Å². The van der Waals surface area contributed by atoms with Crippen molar-refractivity contribution < 1.29 is 19.4 Å². The molecule has 0 amide bonds. The molecule has 3 saturated carbocycles. The molecular formula is C22H32O4. The Hall–Kier alpha value is -0.710. The average molecular weight is 360 g/mol. The smallest absolute Gasteiger partial charge is 0.172 e. The van der Waals surface area contributed by atoms with Gasteiger partial charge in [-0.3, -0.25) is 4.79 Å². The molecule has 4 heteroatoms. The van der Waals surface area contributed by atoms with Crippen LogP contribution in [0, 0.1) is 28.6 Å². The van der Waals surface area contributed by atoms with E-state index in [1.54, 1.807) is 7.11 Å². The van der Waals surface area contributed by atoms with Crippen molar-refractivity contribution in [3.63, 3.8) is 0 Å². The zero-order valence-corrected chi connectivity index (χ0v) is 16.5. The molecule has 1 unspecified atom stereocenters. The maximum Gasteiger partial charge on any atom is 0.172 e. The van der Waals surface area contributed by atoms with Crippen LogP contribution in [0.4, 0.5) is 0 Å². The molecule has 144 valence electrons. The molecule has 26 heavy (non-hydrogen) atoms. The van der Waals surface area contributed by atoms with Gasteiger partial charge < -0.3 is 14.6 Å². The average Bonchev–Trinajstić information content (AvgIpc) is 3.30. The van der Waals surface area contributed by atoms with E-state index in [-0.39, 0.29) is 5.41 Å². The van der Waals surface area contributed by atoms with Crippen molar-refractivity contribution in [3.05, 3.63) is 11.1 Å². The van der Waals surface area contributed by atoms with E-state index in [0.29, 0.717) is 29.6 Å². The fourth-order valence-electron chi connectivity index (χ4n) is 7.29. The molecule has 0 aromatic rings. The van der Waals surface area contributed by atoms with Gasteiger partial charge in [0.1, 0.15) is 6.10 Å². The first-order valence-corrected chi connectivity index (χ1v) is 10.4. The Labute approximate surface area is 156 Å². The third-order valence-electron chi connectivity index (χ3n) is 9.10. The molecule has 4 nitrogen and oxygen atoms in total. The van der Waals surface area contributed by atoms with E-state index in [2.05, 4.69) is 20.8 Å². The van der Waals surface area contributed by atoms with Gasteiger partial charge in [-0.1, -0.05) is 19.4 Å². The zero-order chi connectivity index (χ0) is 18.5. The molecular weight excluding hydrogens is 328 g/mol. The highest BCUT2D eigenvalue weighted by Gasteiger charge is 2.72. The van der Waals surface area contributed by atoms with Crippen LogP contribution in [-0.2, 0) is 14.3 Å². The maximum atomic E-state index is 13.9. The van der Waals surface area contributed by atoms with Gasteiger partial charge in [0.05, 0.1) is 18.3 Å². The van der Waals surface area contributed by atoms with Gasteiger partial charge in [0, 0.05) is 23.9 Å². The Morgan fingerprint density at radius 3 is 2.69 bits per heavy atom. The van der Waals surface area contributed by atoms with Crippen molar-refractivity contribution in [1.29, 1.82) is 0 Å². The van der Waals surface area contributed by atoms with Crippen LogP contribution in [0.5, 0.6) is 0 Å². The molecule has 4 aliphatic carbocycles. The van der Waals surface area contributed by atoms with Crippen LogP contribution >= 0.6 is 0 Å². The van der Waals surface area contributed by atoms with Gasteiger partial charge in [0.15, 0.2) is 5.78 Å². The Bertz CT molecular complexity index is 694. The number of allylic oxidation sites excluding steroid dienone is 1. The summed E-state index contributed by atoms with van der Waals surface area (Å²) in [6, 6.07) is 0. The van der Waals surface area contributed by atoms with Crippen molar-refractivity contribution in [3.8, 4) is 0 Å². The third-order valence-corrected chi connectivity index (χ3v) is 9.10. The highest BCUT2D eigenvalue weighted by molar-refractivity contribution is 5.95. The molecule has 7 atom stereocenters. The highest BCUT2D eigenvalue weighted by Crippen LogP contribution is 2.71. The van der Waals surface area contributed by atoms with Crippen molar-refractivity contribution in [2.75, 3.05) is 13.7 Å². The number of rotatable bonds is 1. The topological polar surface area (TPSA) is 55.8 Å². The molecule has 0 aromatic heterocycles. The van der Waals surface area contributed by atoms with Crippen LogP contribution in [0.3, 0.4) is 0 Å². The van der Waals surface area contributed by atoms with Gasteiger partial charge in [-0.15, -0.1) is 0 Å². The molecule has 1 saturated heterocycles. The second-order valence-corrected chi connectivity index (χ2v) is 10.2. The van der Waals surface area contributed by atoms with Crippen molar-refractivity contribution in [1.82, 2.24) is 0 Å². The number of carbonyl (C=O) groups excluding carboxylic acids is 1. The number of hydrogen-bond donors (Lipinski definition) is 1. The fourth-order valence-corrected chi connectivity index (χ4v) is 7.29. The summed E-state index contributed by atoms with van der Waals surface area (Å²) < 4.78 is 11.7. The Morgan fingerprint density at radius 1 is 1.27 bits per heavy atom. The number of hydrogen-bond acceptors (Lipinski definition) is 4. The number of carbonyl (C=O) groups is 1. The lowest BCUT2D eigenvalue weighted by atomic mass is 9.59. The summed E-state index contributed by atoms with van der Waals surface area (Å²) in [6.45, 7) is 7.16. The monoisotopic (exact) mass is 360 g/mol. The van der Waals surface area contributed by atoms with Gasteiger partial charge in [-0.05, 0) is 62.9 Å². The fraction of sp³-hybridized carbons (Fsp3) is 0.864. The molecule has 4 fully saturated rings. The Kier molecular flexibility index (Phi) is 3.48. The molecule has 1 N–H and O–H groups in total. The highest BCUT2D eigenvalue weighted by atomic mass is 16.5. The molecule has 1 aliphatic heterocycles. The maximum absolute atomic E-state index is 13.9. The van der Waals surface area contributed by atoms with Gasteiger partial charge in [-0.2, -0.15) is 0 Å². The molecule has 2 bridgehead atoms. The molecule has 5 aliphatic rings. The minimum atomic E-state index is -0.758. The first kappa shape index (κ1) is 17.4. The molecule has 5 rings (SSSR count).